The number of allylic oxidation sites excluding steroid dienone is 3. The van der Waals surface area contributed by atoms with Gasteiger partial charge in [0.2, 0.25) is 0 Å². The van der Waals surface area contributed by atoms with E-state index in [2.05, 4.69) is 22.2 Å². The molecule has 32 heavy (non-hydrogen) atoms. The Kier molecular flexibility index (Phi) is 8.00. The van der Waals surface area contributed by atoms with E-state index in [1.54, 1.807) is 17.1 Å². The lowest BCUT2D eigenvalue weighted by Crippen LogP contribution is -2.43. The number of aromatic nitrogens is 1. The summed E-state index contributed by atoms with van der Waals surface area (Å²) in [6.07, 6.45) is 6.73. The van der Waals surface area contributed by atoms with Crippen LogP contribution in [0.2, 0.25) is 0 Å². The van der Waals surface area contributed by atoms with Crippen molar-refractivity contribution >= 4 is 22.4 Å². The number of alkyl halides is 3. The van der Waals surface area contributed by atoms with Crippen molar-refractivity contribution in [1.82, 2.24) is 15.6 Å². The van der Waals surface area contributed by atoms with Gasteiger partial charge in [0.15, 0.2) is 10.8 Å². The molecule has 1 aromatic rings. The summed E-state index contributed by atoms with van der Waals surface area (Å²) >= 11 is 0.803. The number of nitrogens with one attached hydrogen (secondary N) is 2. The number of hydrogen-bond acceptors (Lipinski definition) is 6. The van der Waals surface area contributed by atoms with Gasteiger partial charge in [-0.3, -0.25) is 4.79 Å². The van der Waals surface area contributed by atoms with Gasteiger partial charge >= 0.3 is 6.18 Å². The number of carbonyl (C=O) groups is 1. The second-order valence-corrected chi connectivity index (χ2v) is 9.13. The zero-order valence-corrected chi connectivity index (χ0v) is 18.8. The van der Waals surface area contributed by atoms with Gasteiger partial charge in [-0.05, 0) is 24.6 Å². The standard InChI is InChI=1S/C22H30F3N5OS/c1-2-3-7-16(14-26)21(8-5-4-6-9-21)15-28-19(31)17-18(22(23,24)25)29-20(32-17)30-12-10-27-11-13-30/h2-3,7,14,27H,1,4-6,8-13,15,26H2,(H,28,31)/b7-3-,16-14+. The van der Waals surface area contributed by atoms with E-state index in [1.807, 2.05) is 6.08 Å². The van der Waals surface area contributed by atoms with E-state index in [-0.39, 0.29) is 11.7 Å². The third-order valence-electron chi connectivity index (χ3n) is 6.08. The monoisotopic (exact) mass is 469 g/mol. The van der Waals surface area contributed by atoms with Crippen LogP contribution in [0.15, 0.2) is 36.6 Å². The van der Waals surface area contributed by atoms with E-state index in [1.165, 1.54) is 6.20 Å². The molecule has 176 valence electrons. The Balaban J connectivity index is 1.84. The molecule has 0 atom stereocenters. The third kappa shape index (κ3) is 5.53. The van der Waals surface area contributed by atoms with E-state index < -0.39 is 28.1 Å². The Morgan fingerprint density at radius 3 is 2.56 bits per heavy atom. The number of nitrogens with two attached hydrogens (primary N) is 1. The van der Waals surface area contributed by atoms with E-state index in [9.17, 15) is 18.0 Å². The van der Waals surface area contributed by atoms with Crippen LogP contribution in [0.5, 0.6) is 0 Å². The summed E-state index contributed by atoms with van der Waals surface area (Å²) in [6.45, 7) is 6.32. The highest BCUT2D eigenvalue weighted by Gasteiger charge is 2.41. The fourth-order valence-corrected chi connectivity index (χ4v) is 5.41. The number of halogens is 3. The first kappa shape index (κ1) is 24.3. The molecule has 1 aliphatic carbocycles. The first-order valence-electron chi connectivity index (χ1n) is 10.8. The fraction of sp³-hybridized carbons (Fsp3) is 0.545. The van der Waals surface area contributed by atoms with E-state index in [0.717, 1.165) is 49.0 Å². The van der Waals surface area contributed by atoms with Gasteiger partial charge in [-0.25, -0.2) is 4.98 Å². The maximum absolute atomic E-state index is 13.7. The summed E-state index contributed by atoms with van der Waals surface area (Å²) in [7, 11) is 0. The molecule has 0 bridgehead atoms. The van der Waals surface area contributed by atoms with Crippen molar-refractivity contribution in [3.05, 3.63) is 47.2 Å². The molecular weight excluding hydrogens is 439 g/mol. The summed E-state index contributed by atoms with van der Waals surface area (Å²) in [5.41, 5.74) is 5.22. The van der Waals surface area contributed by atoms with Crippen LogP contribution >= 0.6 is 11.3 Å². The van der Waals surface area contributed by atoms with Crippen molar-refractivity contribution in [2.24, 2.45) is 11.1 Å². The largest absolute Gasteiger partial charge is 0.435 e. The SMILES string of the molecule is C=C/C=C\C(=C/N)C1(CNC(=O)c2sc(N3CCNCC3)nc2C(F)(F)F)CCCCC1. The molecule has 0 aromatic carbocycles. The van der Waals surface area contributed by atoms with E-state index >= 15 is 0 Å². The maximum atomic E-state index is 13.7. The first-order chi connectivity index (χ1) is 15.3. The molecule has 2 heterocycles. The van der Waals surface area contributed by atoms with Crippen LogP contribution in [-0.4, -0.2) is 43.6 Å². The number of nitrogens with zero attached hydrogens (tertiary/aromatic N) is 2. The maximum Gasteiger partial charge on any atom is 0.435 e. The second-order valence-electron chi connectivity index (χ2n) is 8.15. The smallest absolute Gasteiger partial charge is 0.404 e. The highest BCUT2D eigenvalue weighted by Crippen LogP contribution is 2.43. The molecule has 2 aliphatic rings. The summed E-state index contributed by atoms with van der Waals surface area (Å²) in [6, 6.07) is 0. The average Bonchev–Trinajstić information content (AvgIpc) is 3.26. The van der Waals surface area contributed by atoms with Gasteiger partial charge in [-0.15, -0.1) is 0 Å². The lowest BCUT2D eigenvalue weighted by atomic mass is 9.69. The van der Waals surface area contributed by atoms with Gasteiger partial charge in [0, 0.05) is 38.1 Å². The average molecular weight is 470 g/mol. The Bertz CT molecular complexity index is 865. The highest BCUT2D eigenvalue weighted by atomic mass is 32.1. The molecule has 1 aromatic heterocycles. The highest BCUT2D eigenvalue weighted by molar-refractivity contribution is 7.17. The number of anilines is 1. The zero-order chi connectivity index (χ0) is 23.2. The Morgan fingerprint density at radius 1 is 1.28 bits per heavy atom. The minimum atomic E-state index is -4.70. The lowest BCUT2D eigenvalue weighted by Gasteiger charge is -2.38. The predicted octanol–water partition coefficient (Wildman–Crippen LogP) is 3.84. The van der Waals surface area contributed by atoms with Crippen molar-refractivity contribution in [1.29, 1.82) is 0 Å². The van der Waals surface area contributed by atoms with Crippen LogP contribution in [0.4, 0.5) is 18.3 Å². The molecule has 1 saturated carbocycles. The molecule has 1 aliphatic heterocycles. The topological polar surface area (TPSA) is 83.3 Å². The summed E-state index contributed by atoms with van der Waals surface area (Å²) < 4.78 is 41.0. The van der Waals surface area contributed by atoms with Crippen LogP contribution in [0, 0.1) is 5.41 Å². The molecular formula is C22H30F3N5OS. The number of carbonyl (C=O) groups excluding carboxylic acids is 1. The lowest BCUT2D eigenvalue weighted by molar-refractivity contribution is -0.141. The molecule has 6 nitrogen and oxygen atoms in total. The van der Waals surface area contributed by atoms with E-state index in [4.69, 9.17) is 5.73 Å². The third-order valence-corrected chi connectivity index (χ3v) is 7.19. The summed E-state index contributed by atoms with van der Waals surface area (Å²) in [5.74, 6) is -0.745. The van der Waals surface area contributed by atoms with E-state index in [0.29, 0.717) is 26.2 Å². The number of amides is 1. The Labute approximate surface area is 190 Å². The minimum absolute atomic E-state index is 0.217. The van der Waals surface area contributed by atoms with Crippen LogP contribution < -0.4 is 21.3 Å². The number of hydrogen-bond donors (Lipinski definition) is 3. The van der Waals surface area contributed by atoms with Crippen molar-refractivity contribution in [2.75, 3.05) is 37.6 Å². The quantitative estimate of drug-likeness (QED) is 0.529. The van der Waals surface area contributed by atoms with Crippen molar-refractivity contribution in [2.45, 2.75) is 38.3 Å². The molecule has 1 amide bonds. The molecule has 1 saturated heterocycles. The van der Waals surface area contributed by atoms with Crippen molar-refractivity contribution in [3.8, 4) is 0 Å². The van der Waals surface area contributed by atoms with Gasteiger partial charge in [-0.1, -0.05) is 55.4 Å². The van der Waals surface area contributed by atoms with Gasteiger partial charge in [0.05, 0.1) is 0 Å². The van der Waals surface area contributed by atoms with Crippen LogP contribution in [0.3, 0.4) is 0 Å². The molecule has 4 N–H and O–H groups in total. The zero-order valence-electron chi connectivity index (χ0n) is 18.0. The normalized spacial score (nSPS) is 19.8. The fourth-order valence-electron chi connectivity index (χ4n) is 4.35. The number of thiazole rings is 1. The molecule has 0 unspecified atom stereocenters. The molecule has 0 radical (unpaired) electrons. The number of rotatable bonds is 7. The summed E-state index contributed by atoms with van der Waals surface area (Å²) in [5, 5.41) is 6.16. The second kappa shape index (κ2) is 10.5. The molecule has 2 fully saturated rings. The predicted molar refractivity (Wildman–Crippen MR) is 122 cm³/mol. The van der Waals surface area contributed by atoms with Crippen LogP contribution in [0.1, 0.15) is 47.5 Å². The van der Waals surface area contributed by atoms with Gasteiger partial charge < -0.3 is 21.3 Å². The molecule has 0 spiro atoms. The first-order valence-corrected chi connectivity index (χ1v) is 11.7. The number of piperazine rings is 1. The van der Waals surface area contributed by atoms with Gasteiger partial charge in [0.25, 0.3) is 5.91 Å². The van der Waals surface area contributed by atoms with Crippen molar-refractivity contribution in [3.63, 3.8) is 0 Å². The van der Waals surface area contributed by atoms with Crippen LogP contribution in [-0.2, 0) is 6.18 Å². The van der Waals surface area contributed by atoms with Crippen LogP contribution in [0.25, 0.3) is 0 Å². The minimum Gasteiger partial charge on any atom is -0.404 e. The van der Waals surface area contributed by atoms with Gasteiger partial charge in [0.1, 0.15) is 4.88 Å². The Hall–Kier alpha value is -2.33. The molecule has 10 heteroatoms. The Morgan fingerprint density at radius 2 is 1.97 bits per heavy atom. The van der Waals surface area contributed by atoms with Crippen molar-refractivity contribution < 1.29 is 18.0 Å². The summed E-state index contributed by atoms with van der Waals surface area (Å²) in [4.78, 5) is 18.2. The molecule has 3 rings (SSSR count). The van der Waals surface area contributed by atoms with Gasteiger partial charge in [-0.2, -0.15) is 13.2 Å².